The maximum atomic E-state index is 4.39. The number of aryl methyl sites for hydroxylation is 1. The Morgan fingerprint density at radius 2 is 1.60 bits per heavy atom. The molecule has 0 saturated carbocycles. The van der Waals surface area contributed by atoms with Gasteiger partial charge in [0, 0.05) is 18.8 Å². The highest BCUT2D eigenvalue weighted by molar-refractivity contribution is 5.05. The van der Waals surface area contributed by atoms with Crippen LogP contribution in [0.2, 0.25) is 0 Å². The van der Waals surface area contributed by atoms with Gasteiger partial charge in [0.2, 0.25) is 0 Å². The van der Waals surface area contributed by atoms with E-state index in [1.54, 1.807) is 0 Å². The molecule has 0 unspecified atom stereocenters. The monoisotopic (exact) mass is 206 g/mol. The molecule has 0 aromatic carbocycles. The van der Waals surface area contributed by atoms with Gasteiger partial charge < -0.3 is 0 Å². The summed E-state index contributed by atoms with van der Waals surface area (Å²) in [5.74, 6) is 2.38. The van der Waals surface area contributed by atoms with E-state index in [2.05, 4.69) is 37.7 Å². The number of hydrogen-bond donors (Lipinski definition) is 0. The van der Waals surface area contributed by atoms with Crippen LogP contribution in [0.1, 0.15) is 45.5 Å². The lowest BCUT2D eigenvalue weighted by Crippen LogP contribution is -2.01. The summed E-state index contributed by atoms with van der Waals surface area (Å²) in [4.78, 5) is 8.79. The third-order valence-corrected chi connectivity index (χ3v) is 2.35. The molecule has 84 valence electrons. The molecule has 2 heteroatoms. The van der Waals surface area contributed by atoms with Crippen molar-refractivity contribution in [3.05, 3.63) is 23.8 Å². The molecule has 0 N–H and O–H groups in total. The zero-order chi connectivity index (χ0) is 11.3. The van der Waals surface area contributed by atoms with Crippen LogP contribution in [0, 0.1) is 11.8 Å². The molecular formula is C13H22N2. The molecule has 0 aliphatic rings. The average molecular weight is 206 g/mol. The molecule has 0 fully saturated rings. The van der Waals surface area contributed by atoms with E-state index in [1.807, 2.05) is 12.4 Å². The highest BCUT2D eigenvalue weighted by atomic mass is 14.9. The van der Waals surface area contributed by atoms with Gasteiger partial charge in [0.05, 0.1) is 0 Å². The fourth-order valence-corrected chi connectivity index (χ4v) is 1.51. The molecule has 0 bridgehead atoms. The van der Waals surface area contributed by atoms with Crippen molar-refractivity contribution in [3.8, 4) is 0 Å². The maximum Gasteiger partial charge on any atom is 0.128 e. The van der Waals surface area contributed by atoms with Crippen LogP contribution in [0.25, 0.3) is 0 Å². The second-order valence-corrected chi connectivity index (χ2v) is 5.04. The Labute approximate surface area is 93.2 Å². The predicted molar refractivity (Wildman–Crippen MR) is 63.7 cm³/mol. The summed E-state index contributed by atoms with van der Waals surface area (Å²) in [6, 6.07) is 0. The maximum absolute atomic E-state index is 4.39. The first-order valence-electron chi connectivity index (χ1n) is 5.87. The van der Waals surface area contributed by atoms with Gasteiger partial charge in [-0.05, 0) is 30.2 Å². The van der Waals surface area contributed by atoms with Crippen LogP contribution >= 0.6 is 0 Å². The van der Waals surface area contributed by atoms with Crippen LogP contribution in [0.4, 0.5) is 0 Å². The average Bonchev–Trinajstić information content (AvgIpc) is 2.16. The van der Waals surface area contributed by atoms with Crippen molar-refractivity contribution in [2.45, 2.75) is 47.0 Å². The topological polar surface area (TPSA) is 25.8 Å². The Morgan fingerprint density at radius 3 is 2.07 bits per heavy atom. The van der Waals surface area contributed by atoms with E-state index in [0.717, 1.165) is 24.6 Å². The molecule has 0 aliphatic carbocycles. The Bertz CT molecular complexity index is 275. The Hall–Kier alpha value is -0.920. The number of hydrogen-bond acceptors (Lipinski definition) is 2. The summed E-state index contributed by atoms with van der Waals surface area (Å²) >= 11 is 0. The van der Waals surface area contributed by atoms with Crippen LogP contribution < -0.4 is 0 Å². The summed E-state index contributed by atoms with van der Waals surface area (Å²) in [5, 5.41) is 0. The van der Waals surface area contributed by atoms with Crippen molar-refractivity contribution in [1.82, 2.24) is 9.97 Å². The van der Waals surface area contributed by atoms with E-state index < -0.39 is 0 Å². The number of rotatable bonds is 5. The lowest BCUT2D eigenvalue weighted by atomic mass is 10.1. The van der Waals surface area contributed by atoms with Crippen molar-refractivity contribution >= 4 is 0 Å². The standard InChI is InChI=1S/C13H22N2/c1-10(2)5-6-13-14-8-12(9-15-13)7-11(3)4/h8-11H,5-7H2,1-4H3. The molecule has 1 rings (SSSR count). The van der Waals surface area contributed by atoms with Crippen LogP contribution in [0.3, 0.4) is 0 Å². The molecule has 2 nitrogen and oxygen atoms in total. The Morgan fingerprint density at radius 1 is 1.00 bits per heavy atom. The Kier molecular flexibility index (Phi) is 4.73. The molecule has 0 spiro atoms. The van der Waals surface area contributed by atoms with Crippen LogP contribution in [-0.2, 0) is 12.8 Å². The van der Waals surface area contributed by atoms with Gasteiger partial charge in [-0.25, -0.2) is 9.97 Å². The first kappa shape index (κ1) is 12.2. The van der Waals surface area contributed by atoms with E-state index in [9.17, 15) is 0 Å². The van der Waals surface area contributed by atoms with E-state index >= 15 is 0 Å². The molecular weight excluding hydrogens is 184 g/mol. The normalized spacial score (nSPS) is 11.3. The van der Waals surface area contributed by atoms with E-state index in [-0.39, 0.29) is 0 Å². The summed E-state index contributed by atoms with van der Waals surface area (Å²) in [6.45, 7) is 8.89. The number of aromatic nitrogens is 2. The van der Waals surface area contributed by atoms with Gasteiger partial charge >= 0.3 is 0 Å². The van der Waals surface area contributed by atoms with Gasteiger partial charge in [0.1, 0.15) is 5.82 Å². The zero-order valence-electron chi connectivity index (χ0n) is 10.3. The van der Waals surface area contributed by atoms with Gasteiger partial charge in [0.15, 0.2) is 0 Å². The molecule has 15 heavy (non-hydrogen) atoms. The second-order valence-electron chi connectivity index (χ2n) is 5.04. The van der Waals surface area contributed by atoms with Gasteiger partial charge in [-0.1, -0.05) is 27.7 Å². The molecule has 0 radical (unpaired) electrons. The first-order chi connectivity index (χ1) is 7.08. The van der Waals surface area contributed by atoms with Crippen molar-refractivity contribution in [2.75, 3.05) is 0 Å². The third-order valence-electron chi connectivity index (χ3n) is 2.35. The molecule has 0 aliphatic heterocycles. The molecule has 1 aromatic rings. The SMILES string of the molecule is CC(C)CCc1ncc(CC(C)C)cn1. The van der Waals surface area contributed by atoms with Gasteiger partial charge in [-0.15, -0.1) is 0 Å². The van der Waals surface area contributed by atoms with Crippen molar-refractivity contribution in [1.29, 1.82) is 0 Å². The van der Waals surface area contributed by atoms with Crippen LogP contribution in [0.5, 0.6) is 0 Å². The molecule has 0 saturated heterocycles. The second kappa shape index (κ2) is 5.84. The fraction of sp³-hybridized carbons (Fsp3) is 0.692. The fourth-order valence-electron chi connectivity index (χ4n) is 1.51. The molecule has 1 aromatic heterocycles. The van der Waals surface area contributed by atoms with Crippen LogP contribution in [-0.4, -0.2) is 9.97 Å². The van der Waals surface area contributed by atoms with E-state index in [0.29, 0.717) is 5.92 Å². The summed E-state index contributed by atoms with van der Waals surface area (Å²) in [6.07, 6.45) is 7.19. The lowest BCUT2D eigenvalue weighted by Gasteiger charge is -2.06. The minimum atomic E-state index is 0.676. The van der Waals surface area contributed by atoms with Crippen LogP contribution in [0.15, 0.2) is 12.4 Å². The van der Waals surface area contributed by atoms with E-state index in [4.69, 9.17) is 0 Å². The highest BCUT2D eigenvalue weighted by Crippen LogP contribution is 2.08. The van der Waals surface area contributed by atoms with Gasteiger partial charge in [-0.3, -0.25) is 0 Å². The lowest BCUT2D eigenvalue weighted by molar-refractivity contribution is 0.573. The predicted octanol–water partition coefficient (Wildman–Crippen LogP) is 3.26. The molecule has 1 heterocycles. The summed E-state index contributed by atoms with van der Waals surface area (Å²) in [7, 11) is 0. The smallest absolute Gasteiger partial charge is 0.128 e. The molecule has 0 amide bonds. The highest BCUT2D eigenvalue weighted by Gasteiger charge is 2.01. The van der Waals surface area contributed by atoms with Gasteiger partial charge in [0.25, 0.3) is 0 Å². The zero-order valence-corrected chi connectivity index (χ0v) is 10.3. The first-order valence-corrected chi connectivity index (χ1v) is 5.87. The summed E-state index contributed by atoms with van der Waals surface area (Å²) in [5.41, 5.74) is 1.25. The largest absolute Gasteiger partial charge is 0.241 e. The van der Waals surface area contributed by atoms with Crippen molar-refractivity contribution in [2.24, 2.45) is 11.8 Å². The summed E-state index contributed by atoms with van der Waals surface area (Å²) < 4.78 is 0. The molecule has 0 atom stereocenters. The van der Waals surface area contributed by atoms with Crippen molar-refractivity contribution < 1.29 is 0 Å². The number of nitrogens with zero attached hydrogens (tertiary/aromatic N) is 2. The quantitative estimate of drug-likeness (QED) is 0.739. The minimum absolute atomic E-state index is 0.676. The Balaban J connectivity index is 2.49. The van der Waals surface area contributed by atoms with E-state index in [1.165, 1.54) is 12.0 Å². The van der Waals surface area contributed by atoms with Gasteiger partial charge in [-0.2, -0.15) is 0 Å². The third kappa shape index (κ3) is 4.91. The van der Waals surface area contributed by atoms with Crippen molar-refractivity contribution in [3.63, 3.8) is 0 Å². The minimum Gasteiger partial charge on any atom is -0.241 e.